The van der Waals surface area contributed by atoms with Gasteiger partial charge < -0.3 is 19.1 Å². The molecule has 11 heteroatoms. The van der Waals surface area contributed by atoms with E-state index in [-0.39, 0.29) is 29.9 Å². The number of rotatable bonds is 9. The number of carboxylic acid groups (broad SMARTS) is 1. The van der Waals surface area contributed by atoms with Gasteiger partial charge in [-0.15, -0.1) is 0 Å². The Hall–Kier alpha value is -4.40. The lowest BCUT2D eigenvalue weighted by Gasteiger charge is -2.33. The van der Waals surface area contributed by atoms with E-state index in [9.17, 15) is 14.3 Å². The normalized spacial score (nSPS) is 17.7. The summed E-state index contributed by atoms with van der Waals surface area (Å²) in [5, 5.41) is 18.4. The Morgan fingerprint density at radius 3 is 2.71 bits per heavy atom. The highest BCUT2D eigenvalue weighted by Gasteiger charge is 2.27. The Bertz CT molecular complexity index is 1620. The van der Waals surface area contributed by atoms with Crippen LogP contribution in [-0.2, 0) is 24.4 Å². The second kappa shape index (κ2) is 11.6. The molecule has 2 aliphatic rings. The molecule has 2 saturated heterocycles. The van der Waals surface area contributed by atoms with Crippen molar-refractivity contribution in [3.63, 3.8) is 0 Å². The van der Waals surface area contributed by atoms with Crippen molar-refractivity contribution in [2.45, 2.75) is 51.0 Å². The van der Waals surface area contributed by atoms with Crippen LogP contribution in [-0.4, -0.2) is 61.3 Å². The first-order valence-electron chi connectivity index (χ1n) is 13.7. The van der Waals surface area contributed by atoms with E-state index in [1.54, 1.807) is 24.4 Å². The van der Waals surface area contributed by atoms with Crippen molar-refractivity contribution in [2.75, 3.05) is 19.7 Å². The lowest BCUT2D eigenvalue weighted by molar-refractivity contribution is -0.0593. The monoisotopic (exact) mass is 556 g/mol. The van der Waals surface area contributed by atoms with Crippen LogP contribution in [0.25, 0.3) is 11.2 Å². The highest BCUT2D eigenvalue weighted by atomic mass is 19.1. The summed E-state index contributed by atoms with van der Waals surface area (Å²) < 4.78 is 28.0. The number of halogens is 1. The zero-order valence-electron chi connectivity index (χ0n) is 22.4. The number of aromatic nitrogens is 4. The number of fused-ring (bicyclic) bond motifs is 1. The van der Waals surface area contributed by atoms with Crippen molar-refractivity contribution in [1.82, 2.24) is 24.4 Å². The maximum absolute atomic E-state index is 14.4. The van der Waals surface area contributed by atoms with E-state index >= 15 is 0 Å². The lowest BCUT2D eigenvalue weighted by Crippen LogP contribution is -2.35. The predicted molar refractivity (Wildman–Crippen MR) is 146 cm³/mol. The van der Waals surface area contributed by atoms with Gasteiger partial charge in [-0.25, -0.2) is 24.1 Å². The Kier molecular flexibility index (Phi) is 7.59. The van der Waals surface area contributed by atoms with Crippen LogP contribution < -0.4 is 4.74 Å². The molecule has 0 amide bonds. The first-order chi connectivity index (χ1) is 20.0. The Morgan fingerprint density at radius 2 is 2.00 bits per heavy atom. The fourth-order valence-electron chi connectivity index (χ4n) is 5.43. The molecule has 0 unspecified atom stereocenters. The SMILES string of the molecule is N#Cc1ccc(COc2ncccc2C2CCN(Cc3nc4ccc(C(=O)O)nc4n3C[C@@H]3CCO3)CC2)c(F)c1. The van der Waals surface area contributed by atoms with Crippen molar-refractivity contribution in [2.24, 2.45) is 0 Å². The topological polar surface area (TPSA) is 126 Å². The molecule has 0 radical (unpaired) electrons. The number of carboxylic acids is 1. The summed E-state index contributed by atoms with van der Waals surface area (Å²) in [5.74, 6) is 0.0435. The summed E-state index contributed by atoms with van der Waals surface area (Å²) in [6, 6.07) is 13.4. The fourth-order valence-corrected chi connectivity index (χ4v) is 5.43. The third-order valence-electron chi connectivity index (χ3n) is 7.81. The molecule has 5 heterocycles. The van der Waals surface area contributed by atoms with Crippen molar-refractivity contribution in [3.8, 4) is 11.9 Å². The smallest absolute Gasteiger partial charge is 0.354 e. The van der Waals surface area contributed by atoms with Crippen LogP contribution >= 0.6 is 0 Å². The Morgan fingerprint density at radius 1 is 1.17 bits per heavy atom. The van der Waals surface area contributed by atoms with E-state index in [1.807, 2.05) is 22.8 Å². The first-order valence-corrected chi connectivity index (χ1v) is 13.7. The van der Waals surface area contributed by atoms with Crippen LogP contribution in [0.5, 0.6) is 5.88 Å². The number of piperidine rings is 1. The largest absolute Gasteiger partial charge is 0.477 e. The molecular formula is C30H29FN6O4. The average molecular weight is 557 g/mol. The van der Waals surface area contributed by atoms with Gasteiger partial charge in [-0.3, -0.25) is 4.90 Å². The van der Waals surface area contributed by atoms with Crippen molar-refractivity contribution in [3.05, 3.63) is 82.7 Å². The minimum absolute atomic E-state index is 0.00282. The van der Waals surface area contributed by atoms with E-state index in [1.165, 1.54) is 12.1 Å². The maximum Gasteiger partial charge on any atom is 0.354 e. The molecule has 0 saturated carbocycles. The number of benzene rings is 1. The van der Waals surface area contributed by atoms with Gasteiger partial charge in [0.1, 0.15) is 23.8 Å². The van der Waals surface area contributed by atoms with Gasteiger partial charge in [0.25, 0.3) is 0 Å². The van der Waals surface area contributed by atoms with Crippen molar-refractivity contribution in [1.29, 1.82) is 5.26 Å². The zero-order chi connectivity index (χ0) is 28.3. The van der Waals surface area contributed by atoms with E-state index < -0.39 is 11.8 Å². The minimum atomic E-state index is -1.07. The number of nitrogens with zero attached hydrogens (tertiary/aromatic N) is 6. The highest BCUT2D eigenvalue weighted by molar-refractivity contribution is 5.88. The number of imidazole rings is 1. The molecule has 3 aromatic heterocycles. The number of hydrogen-bond acceptors (Lipinski definition) is 8. The number of ether oxygens (including phenoxy) is 2. The standard InChI is InChI=1S/C30H29FN6O4/c31-24-14-19(15-32)3-4-21(24)18-41-29-23(2-1-10-33-29)20-7-11-36(12-8-20)17-27-34-25-5-6-26(30(38)39)35-28(25)37(27)16-22-9-13-40-22/h1-6,10,14,20,22H,7-9,11-13,16-18H2,(H,38,39)/t22-/m0/s1. The molecular weight excluding hydrogens is 527 g/mol. The highest BCUT2D eigenvalue weighted by Crippen LogP contribution is 2.34. The molecule has 6 rings (SSSR count). The molecule has 210 valence electrons. The van der Waals surface area contributed by atoms with E-state index in [0.29, 0.717) is 35.7 Å². The van der Waals surface area contributed by atoms with Crippen LogP contribution in [0.3, 0.4) is 0 Å². The molecule has 2 aliphatic heterocycles. The number of likely N-dealkylation sites (tertiary alicyclic amines) is 1. The summed E-state index contributed by atoms with van der Waals surface area (Å²) in [5.41, 5.74) is 2.88. The lowest BCUT2D eigenvalue weighted by atomic mass is 9.90. The molecule has 1 atom stereocenters. The van der Waals surface area contributed by atoms with Gasteiger partial charge in [0.15, 0.2) is 11.3 Å². The van der Waals surface area contributed by atoms with Crippen LogP contribution in [0.15, 0.2) is 48.7 Å². The molecule has 0 aliphatic carbocycles. The summed E-state index contributed by atoms with van der Waals surface area (Å²) in [6.45, 7) is 3.64. The third-order valence-corrected chi connectivity index (χ3v) is 7.81. The summed E-state index contributed by atoms with van der Waals surface area (Å²) >= 11 is 0. The number of aromatic carboxylic acids is 1. The second-order valence-electron chi connectivity index (χ2n) is 10.4. The van der Waals surface area contributed by atoms with Gasteiger partial charge in [0.05, 0.1) is 30.8 Å². The molecule has 41 heavy (non-hydrogen) atoms. The number of nitriles is 1. The van der Waals surface area contributed by atoms with Gasteiger partial charge in [0, 0.05) is 23.9 Å². The number of carbonyl (C=O) groups is 1. The van der Waals surface area contributed by atoms with Crippen molar-refractivity contribution < 1.29 is 23.8 Å². The zero-order valence-corrected chi connectivity index (χ0v) is 22.4. The van der Waals surface area contributed by atoms with Crippen LogP contribution in [0.2, 0.25) is 0 Å². The van der Waals surface area contributed by atoms with Gasteiger partial charge in [-0.05, 0) is 68.6 Å². The predicted octanol–water partition coefficient (Wildman–Crippen LogP) is 4.28. The molecule has 4 aromatic rings. The van der Waals surface area contributed by atoms with Gasteiger partial charge in [-0.1, -0.05) is 12.1 Å². The minimum Gasteiger partial charge on any atom is -0.477 e. The summed E-state index contributed by atoms with van der Waals surface area (Å²) in [6.07, 6.45) is 4.48. The molecule has 1 N–H and O–H groups in total. The second-order valence-corrected chi connectivity index (χ2v) is 10.4. The summed E-state index contributed by atoms with van der Waals surface area (Å²) in [7, 11) is 0. The molecule has 0 spiro atoms. The number of pyridine rings is 2. The average Bonchev–Trinajstić information content (AvgIpc) is 3.30. The van der Waals surface area contributed by atoms with Gasteiger partial charge in [-0.2, -0.15) is 5.26 Å². The van der Waals surface area contributed by atoms with E-state index in [4.69, 9.17) is 19.7 Å². The molecule has 2 fully saturated rings. The van der Waals surface area contributed by atoms with E-state index in [2.05, 4.69) is 14.9 Å². The van der Waals surface area contributed by atoms with Gasteiger partial charge >= 0.3 is 5.97 Å². The van der Waals surface area contributed by atoms with Crippen LogP contribution in [0.1, 0.15) is 58.2 Å². The van der Waals surface area contributed by atoms with Crippen molar-refractivity contribution >= 4 is 17.1 Å². The number of hydrogen-bond donors (Lipinski definition) is 1. The quantitative estimate of drug-likeness (QED) is 0.321. The Balaban J connectivity index is 1.14. The molecule has 1 aromatic carbocycles. The molecule has 0 bridgehead atoms. The fraction of sp³-hybridized carbons (Fsp3) is 0.367. The summed E-state index contributed by atoms with van der Waals surface area (Å²) in [4.78, 5) is 27.5. The molecule has 10 nitrogen and oxygen atoms in total. The Labute approximate surface area is 236 Å². The third kappa shape index (κ3) is 5.75. The first kappa shape index (κ1) is 26.8. The van der Waals surface area contributed by atoms with Gasteiger partial charge in [0.2, 0.25) is 5.88 Å². The maximum atomic E-state index is 14.4. The van der Waals surface area contributed by atoms with E-state index in [0.717, 1.165) is 50.3 Å². The van der Waals surface area contributed by atoms with Crippen LogP contribution in [0, 0.1) is 17.1 Å². The van der Waals surface area contributed by atoms with Crippen LogP contribution in [0.4, 0.5) is 4.39 Å².